The molecule has 0 saturated heterocycles. The maximum Gasteiger partial charge on any atom is 0.490 e. The highest BCUT2D eigenvalue weighted by Crippen LogP contribution is 2.35. The number of carboxylic acid groups (broad SMARTS) is 1. The molecule has 0 atom stereocenters. The first-order valence-corrected chi connectivity index (χ1v) is 8.17. The van der Waals surface area contributed by atoms with Crippen molar-refractivity contribution in [1.82, 2.24) is 4.98 Å². The lowest BCUT2D eigenvalue weighted by atomic mass is 10.1. The molecule has 0 bridgehead atoms. The largest absolute Gasteiger partial charge is 0.506 e. The minimum Gasteiger partial charge on any atom is -0.506 e. The summed E-state index contributed by atoms with van der Waals surface area (Å²) in [5.74, 6) is -2.72. The van der Waals surface area contributed by atoms with Crippen molar-refractivity contribution in [2.24, 2.45) is 0 Å². The molecule has 0 aliphatic carbocycles. The van der Waals surface area contributed by atoms with Gasteiger partial charge in [-0.25, -0.2) is 4.79 Å². The second-order valence-electron chi connectivity index (χ2n) is 5.84. The molecule has 1 aromatic heterocycles. The number of hydrogen-bond acceptors (Lipinski definition) is 4. The van der Waals surface area contributed by atoms with Crippen molar-refractivity contribution in [1.29, 1.82) is 0 Å². The van der Waals surface area contributed by atoms with E-state index in [0.717, 1.165) is 11.6 Å². The average molecular weight is 432 g/mol. The number of rotatable bonds is 3. The zero-order valence-corrected chi connectivity index (χ0v) is 14.9. The topological polar surface area (TPSA) is 82.5 Å². The number of benzene rings is 2. The molecule has 0 spiro atoms. The first kappa shape index (κ1) is 22.8. The summed E-state index contributed by atoms with van der Waals surface area (Å²) in [5.41, 5.74) is 0.491. The number of nitrogens with zero attached hydrogens (tertiary/aromatic N) is 1. The fourth-order valence-electron chi connectivity index (χ4n) is 2.45. The summed E-state index contributed by atoms with van der Waals surface area (Å²) in [5, 5.41) is 20.4. The summed E-state index contributed by atoms with van der Waals surface area (Å²) in [7, 11) is 0. The number of anilines is 1. The van der Waals surface area contributed by atoms with E-state index in [1.807, 2.05) is 0 Å². The Morgan fingerprint density at radius 3 is 2.20 bits per heavy atom. The molecule has 0 unspecified atom stereocenters. The van der Waals surface area contributed by atoms with Crippen molar-refractivity contribution < 1.29 is 41.4 Å². The van der Waals surface area contributed by atoms with E-state index in [1.54, 1.807) is 30.5 Å². The van der Waals surface area contributed by atoms with Crippen LogP contribution in [-0.4, -0.2) is 27.3 Å². The molecule has 1 heterocycles. The normalized spacial score (nSPS) is 11.5. The molecule has 3 aromatic rings. The van der Waals surface area contributed by atoms with E-state index in [1.165, 1.54) is 18.2 Å². The molecule has 0 aliphatic heterocycles. The minimum atomic E-state index is -5.08. The molecule has 0 aliphatic rings. The van der Waals surface area contributed by atoms with E-state index in [2.05, 4.69) is 10.3 Å². The number of aromatic hydroxyl groups is 1. The van der Waals surface area contributed by atoms with Gasteiger partial charge in [-0.15, -0.1) is 0 Å². The van der Waals surface area contributed by atoms with Crippen LogP contribution in [0.15, 0.2) is 54.7 Å². The summed E-state index contributed by atoms with van der Waals surface area (Å²) < 4.78 is 70.7. The van der Waals surface area contributed by atoms with Crippen LogP contribution in [-0.2, 0) is 17.5 Å². The Labute approximate surface area is 165 Å². The van der Waals surface area contributed by atoms with Gasteiger partial charge in [0.1, 0.15) is 11.3 Å². The Morgan fingerprint density at radius 2 is 1.60 bits per heavy atom. The van der Waals surface area contributed by atoms with Crippen molar-refractivity contribution in [3.63, 3.8) is 0 Å². The van der Waals surface area contributed by atoms with Gasteiger partial charge in [-0.3, -0.25) is 4.98 Å². The van der Waals surface area contributed by atoms with Gasteiger partial charge in [0.25, 0.3) is 0 Å². The monoisotopic (exact) mass is 432 g/mol. The molecule has 160 valence electrons. The molecule has 0 amide bonds. The molecule has 0 fully saturated rings. The van der Waals surface area contributed by atoms with Crippen LogP contribution in [0.1, 0.15) is 11.1 Å². The van der Waals surface area contributed by atoms with Crippen LogP contribution in [0.3, 0.4) is 0 Å². The van der Waals surface area contributed by atoms with Crippen molar-refractivity contribution in [3.8, 4) is 5.75 Å². The number of alkyl halides is 6. The zero-order valence-electron chi connectivity index (χ0n) is 14.9. The summed E-state index contributed by atoms with van der Waals surface area (Å²) in [6, 6.07) is 12.0. The van der Waals surface area contributed by atoms with Gasteiger partial charge >= 0.3 is 18.3 Å². The highest BCUT2D eigenvalue weighted by Gasteiger charge is 2.38. The number of halogens is 6. The molecule has 3 rings (SSSR count). The standard InChI is InChI=1S/C17H13F3N2O.C2HF3O2/c18-17(19,20)13-5-1-2-6-14(13)22-10-11-7-8-15(23)16-12(11)4-3-9-21-16;3-2(4,5)1(6)7/h1-9,22-23H,10H2;(H,6,7). The number of phenols is 1. The highest BCUT2D eigenvalue weighted by atomic mass is 19.4. The Bertz CT molecular complexity index is 1030. The predicted octanol–water partition coefficient (Wildman–Crippen LogP) is 5.20. The predicted molar refractivity (Wildman–Crippen MR) is 95.9 cm³/mol. The second-order valence-corrected chi connectivity index (χ2v) is 5.84. The van der Waals surface area contributed by atoms with Gasteiger partial charge in [0, 0.05) is 23.8 Å². The number of carboxylic acids is 1. The minimum absolute atomic E-state index is 0.0186. The Morgan fingerprint density at radius 1 is 0.967 bits per heavy atom. The molecular weight excluding hydrogens is 418 g/mol. The van der Waals surface area contributed by atoms with Crippen LogP contribution in [0.25, 0.3) is 10.9 Å². The number of aliphatic carboxylic acids is 1. The maximum atomic E-state index is 13.0. The third-order valence-corrected chi connectivity index (χ3v) is 3.78. The lowest BCUT2D eigenvalue weighted by Crippen LogP contribution is -2.21. The summed E-state index contributed by atoms with van der Waals surface area (Å²) in [6.07, 6.45) is -7.94. The molecule has 3 N–H and O–H groups in total. The SMILES string of the molecule is O=C(O)C(F)(F)F.Oc1ccc(CNc2ccccc2C(F)(F)F)c2cccnc12. The number of phenolic OH excluding ortho intramolecular Hbond substituents is 1. The van der Waals surface area contributed by atoms with Crippen molar-refractivity contribution >= 4 is 22.6 Å². The third kappa shape index (κ3) is 5.75. The number of para-hydroxylation sites is 1. The first-order chi connectivity index (χ1) is 13.9. The zero-order chi connectivity index (χ0) is 22.5. The molecular formula is C19H14F6N2O3. The van der Waals surface area contributed by atoms with Crippen LogP contribution < -0.4 is 5.32 Å². The fourth-order valence-corrected chi connectivity index (χ4v) is 2.45. The number of aromatic nitrogens is 1. The van der Waals surface area contributed by atoms with E-state index in [-0.39, 0.29) is 18.0 Å². The van der Waals surface area contributed by atoms with Gasteiger partial charge in [0.15, 0.2) is 0 Å². The summed E-state index contributed by atoms with van der Waals surface area (Å²) in [6.45, 7) is 0.190. The van der Waals surface area contributed by atoms with E-state index < -0.39 is 23.9 Å². The first-order valence-electron chi connectivity index (χ1n) is 8.17. The van der Waals surface area contributed by atoms with Gasteiger partial charge < -0.3 is 15.5 Å². The van der Waals surface area contributed by atoms with Crippen LogP contribution >= 0.6 is 0 Å². The van der Waals surface area contributed by atoms with Gasteiger partial charge in [0.2, 0.25) is 0 Å². The van der Waals surface area contributed by atoms with Crippen LogP contribution in [0.5, 0.6) is 5.75 Å². The van der Waals surface area contributed by atoms with Gasteiger partial charge in [-0.1, -0.05) is 24.3 Å². The molecule has 30 heavy (non-hydrogen) atoms. The third-order valence-electron chi connectivity index (χ3n) is 3.78. The Hall–Kier alpha value is -3.50. The van der Waals surface area contributed by atoms with E-state index in [4.69, 9.17) is 9.90 Å². The lowest BCUT2D eigenvalue weighted by molar-refractivity contribution is -0.192. The number of carbonyl (C=O) groups is 1. The van der Waals surface area contributed by atoms with E-state index in [0.29, 0.717) is 10.9 Å². The molecule has 5 nitrogen and oxygen atoms in total. The fraction of sp³-hybridized carbons (Fsp3) is 0.158. The molecule has 0 saturated carbocycles. The smallest absolute Gasteiger partial charge is 0.490 e. The molecule has 2 aromatic carbocycles. The number of hydrogen-bond donors (Lipinski definition) is 3. The van der Waals surface area contributed by atoms with Gasteiger partial charge in [0.05, 0.1) is 5.56 Å². The van der Waals surface area contributed by atoms with Gasteiger partial charge in [-0.05, 0) is 29.8 Å². The second kappa shape index (κ2) is 8.89. The van der Waals surface area contributed by atoms with Crippen LogP contribution in [0.4, 0.5) is 32.0 Å². The quantitative estimate of drug-likeness (QED) is 0.496. The number of pyridine rings is 1. The van der Waals surface area contributed by atoms with Crippen molar-refractivity contribution in [2.45, 2.75) is 18.9 Å². The van der Waals surface area contributed by atoms with Crippen molar-refractivity contribution in [3.05, 3.63) is 65.9 Å². The Balaban J connectivity index is 0.000000396. The van der Waals surface area contributed by atoms with E-state index in [9.17, 15) is 31.4 Å². The molecule has 11 heteroatoms. The average Bonchev–Trinajstić information content (AvgIpc) is 2.67. The summed E-state index contributed by atoms with van der Waals surface area (Å²) in [4.78, 5) is 13.0. The van der Waals surface area contributed by atoms with Crippen LogP contribution in [0.2, 0.25) is 0 Å². The highest BCUT2D eigenvalue weighted by molar-refractivity contribution is 5.87. The molecule has 0 radical (unpaired) electrons. The Kier molecular flexibility index (Phi) is 6.75. The van der Waals surface area contributed by atoms with Gasteiger partial charge in [-0.2, -0.15) is 26.3 Å². The van der Waals surface area contributed by atoms with Crippen molar-refractivity contribution in [2.75, 3.05) is 5.32 Å². The van der Waals surface area contributed by atoms with Crippen LogP contribution in [0, 0.1) is 0 Å². The number of nitrogens with one attached hydrogen (secondary N) is 1. The van der Waals surface area contributed by atoms with E-state index >= 15 is 0 Å². The lowest BCUT2D eigenvalue weighted by Gasteiger charge is -2.15. The number of fused-ring (bicyclic) bond motifs is 1. The maximum absolute atomic E-state index is 13.0. The summed E-state index contributed by atoms with van der Waals surface area (Å²) >= 11 is 0.